The van der Waals surface area contributed by atoms with E-state index in [1.807, 2.05) is 0 Å². The minimum absolute atomic E-state index is 0.245. The molecule has 13 heteroatoms. The zero-order chi connectivity index (χ0) is 18.3. The van der Waals surface area contributed by atoms with Crippen LogP contribution in [0.25, 0.3) is 0 Å². The van der Waals surface area contributed by atoms with Gasteiger partial charge in [0.1, 0.15) is 0 Å². The molecule has 6 nitrogen and oxygen atoms in total. The SMILES string of the molecule is O=C1C2CCC(C2)C1OC(=O)C(SOO[O-])(C(F)(F)F)C(F)(F)F. The molecular formula is C11H9F6O6S-. The molecule has 0 aromatic carbocycles. The molecule has 3 unspecified atom stereocenters. The Kier molecular flexibility index (Phi) is 5.10. The molecule has 2 rings (SSSR count). The van der Waals surface area contributed by atoms with Crippen LogP contribution in [0.15, 0.2) is 0 Å². The Bertz CT molecular complexity index is 506. The van der Waals surface area contributed by atoms with Crippen molar-refractivity contribution in [3.05, 3.63) is 0 Å². The lowest BCUT2D eigenvalue weighted by Crippen LogP contribution is -2.61. The molecule has 0 spiro atoms. The van der Waals surface area contributed by atoms with Crippen LogP contribution < -0.4 is 5.26 Å². The van der Waals surface area contributed by atoms with Crippen molar-refractivity contribution in [3.63, 3.8) is 0 Å². The predicted octanol–water partition coefficient (Wildman–Crippen LogP) is 1.63. The molecule has 2 bridgehead atoms. The van der Waals surface area contributed by atoms with Crippen molar-refractivity contribution in [2.45, 2.75) is 42.5 Å². The molecular weight excluding hydrogens is 374 g/mol. The van der Waals surface area contributed by atoms with Crippen LogP contribution in [0.5, 0.6) is 0 Å². The zero-order valence-corrected chi connectivity index (χ0v) is 12.3. The molecule has 3 atom stereocenters. The molecule has 0 radical (unpaired) electrons. The van der Waals surface area contributed by atoms with Gasteiger partial charge in [0, 0.05) is 11.8 Å². The van der Waals surface area contributed by atoms with Gasteiger partial charge in [0.15, 0.2) is 11.9 Å². The lowest BCUT2D eigenvalue weighted by atomic mass is 9.96. The van der Waals surface area contributed by atoms with Gasteiger partial charge in [-0.05, 0) is 19.3 Å². The molecule has 0 heterocycles. The van der Waals surface area contributed by atoms with Crippen LogP contribution in [-0.4, -0.2) is 35.0 Å². The van der Waals surface area contributed by atoms with Gasteiger partial charge in [-0.2, -0.15) is 30.7 Å². The monoisotopic (exact) mass is 383 g/mol. The molecule has 2 aliphatic carbocycles. The Balaban J connectivity index is 2.32. The molecule has 0 saturated heterocycles. The number of hydrogen-bond donors (Lipinski definition) is 0. The second kappa shape index (κ2) is 6.35. The van der Waals surface area contributed by atoms with Crippen LogP contribution in [0.3, 0.4) is 0 Å². The van der Waals surface area contributed by atoms with Crippen molar-refractivity contribution in [1.82, 2.24) is 0 Å². The maximum atomic E-state index is 13.0. The van der Waals surface area contributed by atoms with Crippen molar-refractivity contribution < 1.29 is 55.3 Å². The zero-order valence-electron chi connectivity index (χ0n) is 11.5. The first-order valence-corrected chi connectivity index (χ1v) is 7.22. The van der Waals surface area contributed by atoms with Gasteiger partial charge in [-0.1, -0.05) is 0 Å². The number of esters is 1. The van der Waals surface area contributed by atoms with Crippen LogP contribution in [0.2, 0.25) is 0 Å². The number of fused-ring (bicyclic) bond motifs is 2. The Morgan fingerprint density at radius 2 is 1.71 bits per heavy atom. The molecule has 2 fully saturated rings. The summed E-state index contributed by atoms with van der Waals surface area (Å²) in [7, 11) is 0. The Labute approximate surface area is 134 Å². The van der Waals surface area contributed by atoms with Crippen LogP contribution in [-0.2, 0) is 23.7 Å². The Morgan fingerprint density at radius 3 is 2.12 bits per heavy atom. The smallest absolute Gasteiger partial charge is 0.425 e. The minimum Gasteiger partial charge on any atom is -0.691 e. The van der Waals surface area contributed by atoms with E-state index in [0.29, 0.717) is 12.8 Å². The highest BCUT2D eigenvalue weighted by atomic mass is 32.2. The summed E-state index contributed by atoms with van der Waals surface area (Å²) in [4.78, 5) is 23.6. The first kappa shape index (κ1) is 19.3. The largest absolute Gasteiger partial charge is 0.691 e. The maximum absolute atomic E-state index is 13.0. The summed E-state index contributed by atoms with van der Waals surface area (Å²) < 4.78 is 80.5. The first-order valence-electron chi connectivity index (χ1n) is 6.48. The average Bonchev–Trinajstić information content (AvgIpc) is 3.00. The fraction of sp³-hybridized carbons (Fsp3) is 0.818. The summed E-state index contributed by atoms with van der Waals surface area (Å²) in [5, 5.41) is 12.2. The highest BCUT2D eigenvalue weighted by Crippen LogP contribution is 2.54. The van der Waals surface area contributed by atoms with Gasteiger partial charge in [0.05, 0.1) is 12.0 Å². The van der Waals surface area contributed by atoms with Crippen molar-refractivity contribution in [2.24, 2.45) is 11.8 Å². The van der Waals surface area contributed by atoms with Gasteiger partial charge in [-0.25, -0.2) is 4.79 Å². The van der Waals surface area contributed by atoms with E-state index < -0.39 is 58.8 Å². The van der Waals surface area contributed by atoms with Crippen LogP contribution >= 0.6 is 12.0 Å². The van der Waals surface area contributed by atoms with Gasteiger partial charge in [0.25, 0.3) is 0 Å². The number of ether oxygens (including phenoxy) is 1. The fourth-order valence-electron chi connectivity index (χ4n) is 2.95. The number of carbonyl (C=O) groups excluding carboxylic acids is 2. The maximum Gasteiger partial charge on any atom is 0.425 e. The number of hydrogen-bond acceptors (Lipinski definition) is 7. The van der Waals surface area contributed by atoms with Gasteiger partial charge >= 0.3 is 23.1 Å². The third-order valence-corrected chi connectivity index (χ3v) is 5.09. The lowest BCUT2D eigenvalue weighted by molar-refractivity contribution is -0.777. The number of ketones is 1. The average molecular weight is 383 g/mol. The number of Topliss-reactive ketones (excluding diaryl/α,β-unsaturated/α-hetero) is 1. The highest BCUT2D eigenvalue weighted by molar-refractivity contribution is 7.96. The fourth-order valence-corrected chi connectivity index (χ4v) is 3.39. The standard InChI is InChI=1S/C11H10F6O6S/c12-10(13,14)9(11(15,16)17,24-23-22-20)8(19)21-7-5-2-1-4(3-5)6(7)18/h4-5,7,20H,1-3H2/p-1. The van der Waals surface area contributed by atoms with E-state index in [1.54, 1.807) is 0 Å². The van der Waals surface area contributed by atoms with E-state index in [0.717, 1.165) is 0 Å². The van der Waals surface area contributed by atoms with E-state index in [2.05, 4.69) is 14.1 Å². The van der Waals surface area contributed by atoms with E-state index in [1.165, 1.54) is 0 Å². The summed E-state index contributed by atoms with van der Waals surface area (Å²) in [6, 6.07) is 0. The normalized spacial score (nSPS) is 27.6. The molecule has 0 amide bonds. The van der Waals surface area contributed by atoms with Crippen LogP contribution in [0.4, 0.5) is 26.3 Å². The molecule has 2 saturated carbocycles. The Morgan fingerprint density at radius 1 is 1.12 bits per heavy atom. The van der Waals surface area contributed by atoms with Gasteiger partial charge < -0.3 is 9.99 Å². The lowest BCUT2D eigenvalue weighted by Gasteiger charge is -2.34. The summed E-state index contributed by atoms with van der Waals surface area (Å²) in [5.41, 5.74) is 0. The number of carbonyl (C=O) groups is 2. The number of halogens is 6. The van der Waals surface area contributed by atoms with Crippen molar-refractivity contribution in [3.8, 4) is 0 Å². The third-order valence-electron chi connectivity index (χ3n) is 4.09. The van der Waals surface area contributed by atoms with Gasteiger partial charge in [0.2, 0.25) is 0 Å². The van der Waals surface area contributed by atoms with Crippen LogP contribution in [0.1, 0.15) is 19.3 Å². The molecule has 0 aromatic heterocycles. The van der Waals surface area contributed by atoms with E-state index in [4.69, 9.17) is 0 Å². The molecule has 24 heavy (non-hydrogen) atoms. The predicted molar refractivity (Wildman–Crippen MR) is 60.3 cm³/mol. The number of alkyl halides is 6. The first-order chi connectivity index (χ1) is 11.0. The molecule has 138 valence electrons. The van der Waals surface area contributed by atoms with Gasteiger partial charge in [-0.3, -0.25) is 9.83 Å². The molecule has 2 aliphatic rings. The number of rotatable bonds is 5. The van der Waals surface area contributed by atoms with Crippen LogP contribution in [0, 0.1) is 11.8 Å². The van der Waals surface area contributed by atoms with Crippen molar-refractivity contribution in [1.29, 1.82) is 0 Å². The summed E-state index contributed by atoms with van der Waals surface area (Å²) >= 11 is -1.57. The summed E-state index contributed by atoms with van der Waals surface area (Å²) in [6.07, 6.45) is -13.1. The molecule has 0 aliphatic heterocycles. The summed E-state index contributed by atoms with van der Waals surface area (Å²) in [6.45, 7) is 0. The van der Waals surface area contributed by atoms with Gasteiger partial charge in [-0.15, -0.1) is 0 Å². The van der Waals surface area contributed by atoms with E-state index in [-0.39, 0.29) is 6.42 Å². The van der Waals surface area contributed by atoms with E-state index >= 15 is 0 Å². The minimum atomic E-state index is -6.23. The highest BCUT2D eigenvalue weighted by Gasteiger charge is 2.79. The Hall–Kier alpha value is -1.05. The quantitative estimate of drug-likeness (QED) is 0.235. The second-order valence-corrected chi connectivity index (χ2v) is 6.31. The van der Waals surface area contributed by atoms with Crippen molar-refractivity contribution in [2.75, 3.05) is 0 Å². The van der Waals surface area contributed by atoms with E-state index in [9.17, 15) is 41.2 Å². The van der Waals surface area contributed by atoms with Crippen molar-refractivity contribution >= 4 is 23.8 Å². The molecule has 0 N–H and O–H groups in total. The third kappa shape index (κ3) is 2.97. The second-order valence-electron chi connectivity index (χ2n) is 5.39. The topological polar surface area (TPSA) is 84.9 Å². The molecule has 0 aromatic rings. The summed E-state index contributed by atoms with van der Waals surface area (Å²) in [5.74, 6) is -4.64.